The molecule has 0 saturated heterocycles. The third kappa shape index (κ3) is 5.05. The number of hydrogen-bond donors (Lipinski definition) is 2. The van der Waals surface area contributed by atoms with Crippen LogP contribution in [0.1, 0.15) is 17.3 Å². The number of hydrogen-bond acceptors (Lipinski definition) is 4. The van der Waals surface area contributed by atoms with E-state index in [1.807, 2.05) is 37.3 Å². The van der Waals surface area contributed by atoms with Crippen molar-refractivity contribution >= 4 is 31.9 Å². The highest BCUT2D eigenvalue weighted by Crippen LogP contribution is 2.22. The molecule has 3 N–H and O–H groups in total. The minimum atomic E-state index is -3.83. The van der Waals surface area contributed by atoms with Crippen LogP contribution in [-0.4, -0.2) is 27.0 Å². The molecule has 0 saturated carbocycles. The minimum Gasteiger partial charge on any atom is -0.489 e. The molecule has 2 aromatic carbocycles. The van der Waals surface area contributed by atoms with Gasteiger partial charge in [0, 0.05) is 10.0 Å². The van der Waals surface area contributed by atoms with Gasteiger partial charge in [-0.05, 0) is 53.2 Å². The SMILES string of the molecule is CC(CNC(=O)c1ccc(S(N)(=O)=O)c(Br)c1)Oc1ccccc1. The first-order valence-corrected chi connectivity index (χ1v) is 9.43. The van der Waals surface area contributed by atoms with E-state index in [2.05, 4.69) is 21.2 Å². The molecular formula is C16H17BrN2O4S. The highest BCUT2D eigenvalue weighted by Gasteiger charge is 2.15. The molecule has 1 amide bonds. The van der Waals surface area contributed by atoms with Crippen molar-refractivity contribution in [3.05, 3.63) is 58.6 Å². The maximum absolute atomic E-state index is 12.1. The summed E-state index contributed by atoms with van der Waals surface area (Å²) in [7, 11) is -3.83. The van der Waals surface area contributed by atoms with Gasteiger partial charge in [-0.1, -0.05) is 18.2 Å². The summed E-state index contributed by atoms with van der Waals surface area (Å²) >= 11 is 3.11. The fourth-order valence-corrected chi connectivity index (χ4v) is 3.63. The van der Waals surface area contributed by atoms with E-state index in [4.69, 9.17) is 9.88 Å². The van der Waals surface area contributed by atoms with Crippen molar-refractivity contribution in [2.75, 3.05) is 6.54 Å². The van der Waals surface area contributed by atoms with Crippen molar-refractivity contribution in [2.24, 2.45) is 5.14 Å². The van der Waals surface area contributed by atoms with Crippen molar-refractivity contribution in [3.8, 4) is 5.75 Å². The predicted octanol–water partition coefficient (Wildman–Crippen LogP) is 2.29. The van der Waals surface area contributed by atoms with Crippen molar-refractivity contribution in [2.45, 2.75) is 17.9 Å². The summed E-state index contributed by atoms with van der Waals surface area (Å²) in [4.78, 5) is 12.1. The summed E-state index contributed by atoms with van der Waals surface area (Å²) in [6, 6.07) is 13.4. The summed E-state index contributed by atoms with van der Waals surface area (Å²) < 4.78 is 28.6. The molecule has 0 bridgehead atoms. The zero-order valence-corrected chi connectivity index (χ0v) is 15.3. The van der Waals surface area contributed by atoms with Gasteiger partial charge in [-0.15, -0.1) is 0 Å². The predicted molar refractivity (Wildman–Crippen MR) is 94.4 cm³/mol. The molecule has 24 heavy (non-hydrogen) atoms. The van der Waals surface area contributed by atoms with Crippen LogP contribution in [0, 0.1) is 0 Å². The van der Waals surface area contributed by atoms with Gasteiger partial charge in [0.1, 0.15) is 11.9 Å². The fourth-order valence-electron chi connectivity index (χ4n) is 1.98. The smallest absolute Gasteiger partial charge is 0.251 e. The van der Waals surface area contributed by atoms with Crippen LogP contribution >= 0.6 is 15.9 Å². The number of carbonyl (C=O) groups excluding carboxylic acids is 1. The number of para-hydroxylation sites is 1. The van der Waals surface area contributed by atoms with E-state index in [1.54, 1.807) is 0 Å². The van der Waals surface area contributed by atoms with Gasteiger partial charge in [0.25, 0.3) is 5.91 Å². The van der Waals surface area contributed by atoms with Crippen molar-refractivity contribution in [1.29, 1.82) is 0 Å². The van der Waals surface area contributed by atoms with Crippen LogP contribution < -0.4 is 15.2 Å². The van der Waals surface area contributed by atoms with E-state index in [0.717, 1.165) is 5.75 Å². The lowest BCUT2D eigenvalue weighted by atomic mass is 10.2. The van der Waals surface area contributed by atoms with Gasteiger partial charge in [0.05, 0.1) is 11.4 Å². The number of primary sulfonamides is 1. The zero-order valence-electron chi connectivity index (χ0n) is 12.9. The van der Waals surface area contributed by atoms with Gasteiger partial charge < -0.3 is 10.1 Å². The highest BCUT2D eigenvalue weighted by molar-refractivity contribution is 9.10. The number of nitrogens with one attached hydrogen (secondary N) is 1. The second-order valence-electron chi connectivity index (χ2n) is 5.14. The normalized spacial score (nSPS) is 12.5. The number of carbonyl (C=O) groups is 1. The molecule has 6 nitrogen and oxygen atoms in total. The Hall–Kier alpha value is -1.90. The first-order valence-electron chi connectivity index (χ1n) is 7.09. The van der Waals surface area contributed by atoms with Crippen LogP contribution in [0.3, 0.4) is 0 Å². The van der Waals surface area contributed by atoms with E-state index >= 15 is 0 Å². The summed E-state index contributed by atoms with van der Waals surface area (Å²) in [5, 5.41) is 7.82. The molecule has 128 valence electrons. The van der Waals surface area contributed by atoms with Crippen LogP contribution in [0.25, 0.3) is 0 Å². The van der Waals surface area contributed by atoms with Gasteiger partial charge >= 0.3 is 0 Å². The maximum atomic E-state index is 12.1. The monoisotopic (exact) mass is 412 g/mol. The standard InChI is InChI=1S/C16H17BrN2O4S/c1-11(23-13-5-3-2-4-6-13)10-19-16(20)12-7-8-15(14(17)9-12)24(18,21)22/h2-9,11H,10H2,1H3,(H,19,20)(H2,18,21,22). The van der Waals surface area contributed by atoms with Gasteiger partial charge in [-0.25, -0.2) is 13.6 Å². The molecule has 2 aromatic rings. The van der Waals surface area contributed by atoms with Crippen LogP contribution in [0.2, 0.25) is 0 Å². The molecular weight excluding hydrogens is 396 g/mol. The summed E-state index contributed by atoms with van der Waals surface area (Å²) in [5.74, 6) is 0.389. The van der Waals surface area contributed by atoms with Crippen molar-refractivity contribution < 1.29 is 17.9 Å². The minimum absolute atomic E-state index is 0.0696. The topological polar surface area (TPSA) is 98.5 Å². The van der Waals surface area contributed by atoms with Crippen molar-refractivity contribution in [3.63, 3.8) is 0 Å². The number of nitrogens with two attached hydrogens (primary N) is 1. The van der Waals surface area contributed by atoms with Crippen molar-refractivity contribution in [1.82, 2.24) is 5.32 Å². The van der Waals surface area contributed by atoms with Gasteiger partial charge in [0.15, 0.2) is 0 Å². The largest absolute Gasteiger partial charge is 0.489 e. The second-order valence-corrected chi connectivity index (χ2v) is 7.53. The first-order chi connectivity index (χ1) is 11.3. The van der Waals surface area contributed by atoms with Gasteiger partial charge in [-0.2, -0.15) is 0 Å². The molecule has 1 unspecified atom stereocenters. The number of sulfonamides is 1. The maximum Gasteiger partial charge on any atom is 0.251 e. The molecule has 0 spiro atoms. The molecule has 0 heterocycles. The number of benzene rings is 2. The fraction of sp³-hybridized carbons (Fsp3) is 0.188. The zero-order chi connectivity index (χ0) is 17.7. The van der Waals surface area contributed by atoms with E-state index in [9.17, 15) is 13.2 Å². The van der Waals surface area contributed by atoms with Crippen LogP contribution in [0.5, 0.6) is 5.75 Å². The lowest BCUT2D eigenvalue weighted by molar-refractivity contribution is 0.0932. The summed E-state index contributed by atoms with van der Waals surface area (Å²) in [5.41, 5.74) is 0.321. The lowest BCUT2D eigenvalue weighted by Crippen LogP contribution is -2.33. The highest BCUT2D eigenvalue weighted by atomic mass is 79.9. The summed E-state index contributed by atoms with van der Waals surface area (Å²) in [6.45, 7) is 2.15. The molecule has 0 aliphatic carbocycles. The molecule has 0 radical (unpaired) electrons. The molecule has 2 rings (SSSR count). The molecule has 1 atom stereocenters. The molecule has 0 aromatic heterocycles. The molecule has 8 heteroatoms. The molecule has 0 aliphatic heterocycles. The first kappa shape index (κ1) is 18.4. The average Bonchev–Trinajstić information content (AvgIpc) is 2.52. The molecule has 0 aliphatic rings. The van der Waals surface area contributed by atoms with E-state index in [-0.39, 0.29) is 21.4 Å². The lowest BCUT2D eigenvalue weighted by Gasteiger charge is -2.15. The second kappa shape index (κ2) is 7.78. The Kier molecular flexibility index (Phi) is 5.98. The van der Waals surface area contributed by atoms with E-state index in [0.29, 0.717) is 12.1 Å². The summed E-state index contributed by atoms with van der Waals surface area (Å²) in [6.07, 6.45) is -0.219. The number of ether oxygens (including phenoxy) is 1. The Labute approximate surface area is 149 Å². The number of rotatable bonds is 6. The third-order valence-electron chi connectivity index (χ3n) is 3.13. The Morgan fingerprint density at radius 2 is 1.92 bits per heavy atom. The van der Waals surface area contributed by atoms with E-state index in [1.165, 1.54) is 18.2 Å². The quantitative estimate of drug-likeness (QED) is 0.759. The Balaban J connectivity index is 1.96. The van der Waals surface area contributed by atoms with Crippen LogP contribution in [0.15, 0.2) is 57.9 Å². The number of amides is 1. The number of halogens is 1. The average molecular weight is 413 g/mol. The molecule has 0 fully saturated rings. The van der Waals surface area contributed by atoms with Crippen LogP contribution in [0.4, 0.5) is 0 Å². The van der Waals surface area contributed by atoms with E-state index < -0.39 is 10.0 Å². The van der Waals surface area contributed by atoms with Gasteiger partial charge in [0.2, 0.25) is 10.0 Å². The third-order valence-corrected chi connectivity index (χ3v) is 5.02. The Morgan fingerprint density at radius 3 is 2.50 bits per heavy atom. The van der Waals surface area contributed by atoms with Gasteiger partial charge in [-0.3, -0.25) is 4.79 Å². The van der Waals surface area contributed by atoms with Crippen LogP contribution in [-0.2, 0) is 10.0 Å². The Morgan fingerprint density at radius 1 is 1.25 bits per heavy atom. The Bertz CT molecular complexity index is 825.